The fraction of sp³-hybridized carbons (Fsp3) is 0.471. The summed E-state index contributed by atoms with van der Waals surface area (Å²) >= 11 is 0. The van der Waals surface area contributed by atoms with Crippen molar-refractivity contribution in [3.8, 4) is 6.07 Å². The molecule has 1 aliphatic heterocycles. The third kappa shape index (κ3) is 3.34. The molecular formula is C17H21N5. The van der Waals surface area contributed by atoms with Gasteiger partial charge in [-0.2, -0.15) is 10.4 Å². The molecule has 0 spiro atoms. The molecule has 0 radical (unpaired) electrons. The molecule has 0 unspecified atom stereocenters. The van der Waals surface area contributed by atoms with Crippen LogP contribution in [0.1, 0.15) is 36.9 Å². The Bertz CT molecular complexity index is 635. The number of nitriles is 1. The molecule has 22 heavy (non-hydrogen) atoms. The highest BCUT2D eigenvalue weighted by atomic mass is 15.3. The fourth-order valence-electron chi connectivity index (χ4n) is 3.19. The quantitative estimate of drug-likeness (QED) is 0.870. The minimum absolute atomic E-state index is 0.362. The molecule has 2 heterocycles. The lowest BCUT2D eigenvalue weighted by molar-refractivity contribution is 0.132. The Balaban J connectivity index is 1.57. The maximum atomic E-state index is 9.03. The van der Waals surface area contributed by atoms with Gasteiger partial charge in [-0.05, 0) is 56.5 Å². The van der Waals surface area contributed by atoms with E-state index in [4.69, 9.17) is 5.26 Å². The maximum absolute atomic E-state index is 9.03. The summed E-state index contributed by atoms with van der Waals surface area (Å²) in [4.78, 5) is 6.51. The molecule has 0 N–H and O–H groups in total. The summed E-state index contributed by atoms with van der Waals surface area (Å²) in [5, 5.41) is 13.2. The van der Waals surface area contributed by atoms with Gasteiger partial charge >= 0.3 is 0 Å². The molecule has 1 aromatic heterocycles. The monoisotopic (exact) mass is 295 g/mol. The molecule has 114 valence electrons. The van der Waals surface area contributed by atoms with Crippen molar-refractivity contribution in [3.05, 3.63) is 48.0 Å². The van der Waals surface area contributed by atoms with Crippen molar-refractivity contribution in [2.45, 2.75) is 32.4 Å². The number of rotatable bonds is 4. The number of hydrogen-bond acceptors (Lipinski definition) is 4. The zero-order valence-corrected chi connectivity index (χ0v) is 12.9. The fourth-order valence-corrected chi connectivity index (χ4v) is 3.19. The van der Waals surface area contributed by atoms with Gasteiger partial charge in [0.2, 0.25) is 0 Å². The molecule has 0 amide bonds. The van der Waals surface area contributed by atoms with Crippen molar-refractivity contribution >= 4 is 0 Å². The predicted molar refractivity (Wildman–Crippen MR) is 83.9 cm³/mol. The average Bonchev–Trinajstić information content (AvgIpc) is 3.08. The average molecular weight is 295 g/mol. The second-order valence-electron chi connectivity index (χ2n) is 6.01. The molecule has 1 aliphatic rings. The first kappa shape index (κ1) is 14.7. The third-order valence-corrected chi connectivity index (χ3v) is 4.61. The van der Waals surface area contributed by atoms with Crippen LogP contribution in [0, 0.1) is 17.2 Å². The van der Waals surface area contributed by atoms with E-state index in [1.165, 1.54) is 18.4 Å². The van der Waals surface area contributed by atoms with E-state index >= 15 is 0 Å². The van der Waals surface area contributed by atoms with Gasteiger partial charge in [-0.25, -0.2) is 4.98 Å². The molecule has 1 saturated heterocycles. The molecule has 3 rings (SSSR count). The van der Waals surface area contributed by atoms with Crippen molar-refractivity contribution in [3.63, 3.8) is 0 Å². The van der Waals surface area contributed by atoms with Gasteiger partial charge in [-0.15, -0.1) is 0 Å². The number of nitrogens with zero attached hydrogens (tertiary/aromatic N) is 5. The van der Waals surface area contributed by atoms with Gasteiger partial charge in [0, 0.05) is 12.6 Å². The SMILES string of the molecule is C[C@@H](c1cccc(C#N)c1)N1CCC(Cn2cncn2)CC1. The van der Waals surface area contributed by atoms with Crippen LogP contribution in [0.2, 0.25) is 0 Å². The number of piperidine rings is 1. The first-order chi connectivity index (χ1) is 10.8. The van der Waals surface area contributed by atoms with Crippen molar-refractivity contribution in [1.82, 2.24) is 19.7 Å². The smallest absolute Gasteiger partial charge is 0.137 e. The normalized spacial score (nSPS) is 18.0. The largest absolute Gasteiger partial charge is 0.297 e. The molecular weight excluding hydrogens is 274 g/mol. The molecule has 0 bridgehead atoms. The lowest BCUT2D eigenvalue weighted by Crippen LogP contribution is -2.36. The Morgan fingerprint density at radius 3 is 2.86 bits per heavy atom. The minimum atomic E-state index is 0.362. The molecule has 1 fully saturated rings. The zero-order chi connectivity index (χ0) is 15.4. The Morgan fingerprint density at radius 1 is 1.36 bits per heavy atom. The summed E-state index contributed by atoms with van der Waals surface area (Å²) in [5.41, 5.74) is 1.97. The van der Waals surface area contributed by atoms with Crippen LogP contribution in [0.15, 0.2) is 36.9 Å². The summed E-state index contributed by atoms with van der Waals surface area (Å²) in [6, 6.07) is 10.5. The van der Waals surface area contributed by atoms with Crippen LogP contribution in [-0.4, -0.2) is 32.8 Å². The van der Waals surface area contributed by atoms with Crippen LogP contribution in [0.5, 0.6) is 0 Å². The second kappa shape index (κ2) is 6.71. The highest BCUT2D eigenvalue weighted by Crippen LogP contribution is 2.27. The molecule has 0 aliphatic carbocycles. The van der Waals surface area contributed by atoms with Gasteiger partial charge < -0.3 is 0 Å². The van der Waals surface area contributed by atoms with Crippen molar-refractivity contribution in [1.29, 1.82) is 5.26 Å². The summed E-state index contributed by atoms with van der Waals surface area (Å²) in [7, 11) is 0. The Kier molecular flexibility index (Phi) is 4.50. The van der Waals surface area contributed by atoms with Gasteiger partial charge in [0.05, 0.1) is 11.6 Å². The molecule has 1 atom stereocenters. The summed E-state index contributed by atoms with van der Waals surface area (Å²) < 4.78 is 1.93. The Hall–Kier alpha value is -2.19. The standard InChI is InChI=1S/C17H21N5/c1-14(17-4-2-3-16(9-17)10-18)21-7-5-15(6-8-21)11-22-13-19-12-20-22/h2-4,9,12-15H,5-8,11H2,1H3/t14-/m0/s1. The molecule has 2 aromatic rings. The molecule has 1 aromatic carbocycles. The zero-order valence-electron chi connectivity index (χ0n) is 12.9. The molecule has 5 nitrogen and oxygen atoms in total. The first-order valence-electron chi connectivity index (χ1n) is 7.83. The number of likely N-dealkylation sites (tertiary alicyclic amines) is 1. The lowest BCUT2D eigenvalue weighted by Gasteiger charge is -2.36. The highest BCUT2D eigenvalue weighted by Gasteiger charge is 2.24. The predicted octanol–water partition coefficient (Wildman–Crippen LogP) is 2.62. The molecule has 0 saturated carbocycles. The molecule has 5 heteroatoms. The summed E-state index contributed by atoms with van der Waals surface area (Å²) in [5.74, 6) is 0.676. The van der Waals surface area contributed by atoms with Crippen LogP contribution in [0.3, 0.4) is 0 Å². The Labute approximate surface area is 131 Å². The maximum Gasteiger partial charge on any atom is 0.137 e. The Morgan fingerprint density at radius 2 is 2.18 bits per heavy atom. The van der Waals surface area contributed by atoms with E-state index in [1.807, 2.05) is 22.9 Å². The van der Waals surface area contributed by atoms with Gasteiger partial charge in [-0.3, -0.25) is 9.58 Å². The van der Waals surface area contributed by atoms with E-state index in [0.29, 0.717) is 12.0 Å². The van der Waals surface area contributed by atoms with Gasteiger partial charge in [-0.1, -0.05) is 12.1 Å². The minimum Gasteiger partial charge on any atom is -0.297 e. The summed E-state index contributed by atoms with van der Waals surface area (Å²) in [6.07, 6.45) is 5.76. The van der Waals surface area contributed by atoms with Crippen molar-refractivity contribution < 1.29 is 0 Å². The number of aromatic nitrogens is 3. The van der Waals surface area contributed by atoms with Crippen LogP contribution in [0.4, 0.5) is 0 Å². The van der Waals surface area contributed by atoms with E-state index in [1.54, 1.807) is 12.7 Å². The highest BCUT2D eigenvalue weighted by molar-refractivity contribution is 5.34. The van der Waals surface area contributed by atoms with Crippen LogP contribution in [0.25, 0.3) is 0 Å². The van der Waals surface area contributed by atoms with Crippen LogP contribution < -0.4 is 0 Å². The topological polar surface area (TPSA) is 57.7 Å². The third-order valence-electron chi connectivity index (χ3n) is 4.61. The first-order valence-corrected chi connectivity index (χ1v) is 7.83. The van der Waals surface area contributed by atoms with Gasteiger partial charge in [0.15, 0.2) is 0 Å². The van der Waals surface area contributed by atoms with E-state index < -0.39 is 0 Å². The van der Waals surface area contributed by atoms with Crippen LogP contribution in [-0.2, 0) is 6.54 Å². The lowest BCUT2D eigenvalue weighted by atomic mass is 9.94. The second-order valence-corrected chi connectivity index (χ2v) is 6.01. The van der Waals surface area contributed by atoms with E-state index in [-0.39, 0.29) is 0 Å². The van der Waals surface area contributed by atoms with E-state index in [0.717, 1.165) is 25.2 Å². The number of benzene rings is 1. The summed E-state index contributed by atoms with van der Waals surface area (Å²) in [6.45, 7) is 5.38. The van der Waals surface area contributed by atoms with E-state index in [9.17, 15) is 0 Å². The number of hydrogen-bond donors (Lipinski definition) is 0. The van der Waals surface area contributed by atoms with Crippen molar-refractivity contribution in [2.75, 3.05) is 13.1 Å². The van der Waals surface area contributed by atoms with Gasteiger partial charge in [0.25, 0.3) is 0 Å². The van der Waals surface area contributed by atoms with Crippen LogP contribution >= 0.6 is 0 Å². The van der Waals surface area contributed by atoms with E-state index in [2.05, 4.69) is 34.0 Å². The van der Waals surface area contributed by atoms with Crippen molar-refractivity contribution in [2.24, 2.45) is 5.92 Å². The van der Waals surface area contributed by atoms with Gasteiger partial charge in [0.1, 0.15) is 12.7 Å².